The van der Waals surface area contributed by atoms with Crippen molar-refractivity contribution in [1.29, 1.82) is 0 Å². The smallest absolute Gasteiger partial charge is 0.254 e. The van der Waals surface area contributed by atoms with E-state index in [1.165, 1.54) is 0 Å². The predicted molar refractivity (Wildman–Crippen MR) is 153 cm³/mol. The van der Waals surface area contributed by atoms with Crippen LogP contribution in [0.1, 0.15) is 31.1 Å². The standard InChI is InChI=1S/C31H34N4O4/c1-5-39-27-16-10-14-25(18-27)35-20-28(23-11-7-6-8-12-23)32-31(35)33-29(36)21-34(19-22(2)3)30(37)24-13-9-15-26(17-24)38-4/h6-18,20,22H,5,19,21H2,1-4H3,(H,32,33,36). The molecular weight excluding hydrogens is 492 g/mol. The molecule has 0 aliphatic rings. The Labute approximate surface area is 229 Å². The van der Waals surface area contributed by atoms with Gasteiger partial charge in [-0.15, -0.1) is 0 Å². The highest BCUT2D eigenvalue weighted by Gasteiger charge is 2.22. The van der Waals surface area contributed by atoms with Gasteiger partial charge >= 0.3 is 0 Å². The number of carbonyl (C=O) groups is 2. The van der Waals surface area contributed by atoms with Crippen LogP contribution >= 0.6 is 0 Å². The molecule has 0 spiro atoms. The molecule has 1 heterocycles. The number of rotatable bonds is 11. The topological polar surface area (TPSA) is 85.7 Å². The van der Waals surface area contributed by atoms with Crippen molar-refractivity contribution in [2.45, 2.75) is 20.8 Å². The fourth-order valence-electron chi connectivity index (χ4n) is 4.24. The lowest BCUT2D eigenvalue weighted by molar-refractivity contribution is -0.117. The normalized spacial score (nSPS) is 10.8. The molecule has 0 bridgehead atoms. The molecule has 0 aliphatic heterocycles. The molecule has 0 saturated heterocycles. The molecule has 1 N–H and O–H groups in total. The number of imidazole rings is 1. The first-order valence-corrected chi connectivity index (χ1v) is 13.0. The number of aromatic nitrogens is 2. The van der Waals surface area contributed by atoms with Crippen molar-refractivity contribution in [1.82, 2.24) is 14.5 Å². The quantitative estimate of drug-likeness (QED) is 0.272. The Kier molecular flexibility index (Phi) is 8.99. The van der Waals surface area contributed by atoms with Crippen molar-refractivity contribution in [3.63, 3.8) is 0 Å². The van der Waals surface area contributed by atoms with Gasteiger partial charge in [-0.25, -0.2) is 4.98 Å². The van der Waals surface area contributed by atoms with E-state index in [4.69, 9.17) is 14.5 Å². The minimum Gasteiger partial charge on any atom is -0.497 e. The van der Waals surface area contributed by atoms with E-state index in [0.717, 1.165) is 11.3 Å². The molecule has 0 radical (unpaired) electrons. The summed E-state index contributed by atoms with van der Waals surface area (Å²) in [4.78, 5) is 33.0. The first-order chi connectivity index (χ1) is 18.9. The number of nitrogens with one attached hydrogen (secondary N) is 1. The van der Waals surface area contributed by atoms with Crippen LogP contribution in [-0.4, -0.2) is 53.1 Å². The van der Waals surface area contributed by atoms with Crippen molar-refractivity contribution in [2.75, 3.05) is 32.1 Å². The fraction of sp³-hybridized carbons (Fsp3) is 0.258. The van der Waals surface area contributed by atoms with Crippen molar-refractivity contribution in [2.24, 2.45) is 5.92 Å². The SMILES string of the molecule is CCOc1cccc(-n2cc(-c3ccccc3)nc2NC(=O)CN(CC(C)C)C(=O)c2cccc(OC)c2)c1. The number of hydrogen-bond donors (Lipinski definition) is 1. The average Bonchev–Trinajstić information content (AvgIpc) is 3.36. The molecule has 8 nitrogen and oxygen atoms in total. The van der Waals surface area contributed by atoms with Gasteiger partial charge in [-0.2, -0.15) is 0 Å². The molecule has 0 unspecified atom stereocenters. The van der Waals surface area contributed by atoms with E-state index >= 15 is 0 Å². The van der Waals surface area contributed by atoms with E-state index in [-0.39, 0.29) is 24.3 Å². The third-order valence-electron chi connectivity index (χ3n) is 5.96. The van der Waals surface area contributed by atoms with Gasteiger partial charge in [-0.1, -0.05) is 56.3 Å². The minimum absolute atomic E-state index is 0.124. The summed E-state index contributed by atoms with van der Waals surface area (Å²) in [7, 11) is 1.55. The molecule has 202 valence electrons. The van der Waals surface area contributed by atoms with E-state index in [9.17, 15) is 9.59 Å². The van der Waals surface area contributed by atoms with Crippen LogP contribution in [0.25, 0.3) is 16.9 Å². The van der Waals surface area contributed by atoms with Crippen molar-refractivity contribution >= 4 is 17.8 Å². The van der Waals surface area contributed by atoms with Crippen LogP contribution in [0, 0.1) is 5.92 Å². The van der Waals surface area contributed by atoms with Gasteiger partial charge in [0.1, 0.15) is 18.0 Å². The number of amides is 2. The van der Waals surface area contributed by atoms with Gasteiger partial charge in [0.2, 0.25) is 11.9 Å². The van der Waals surface area contributed by atoms with Gasteiger partial charge in [0, 0.05) is 29.9 Å². The van der Waals surface area contributed by atoms with Gasteiger partial charge in [-0.05, 0) is 43.2 Å². The maximum Gasteiger partial charge on any atom is 0.254 e. The van der Waals surface area contributed by atoms with E-state index in [1.807, 2.05) is 86.1 Å². The second-order valence-corrected chi connectivity index (χ2v) is 9.48. The first kappa shape index (κ1) is 27.4. The number of nitrogens with zero attached hydrogens (tertiary/aromatic N) is 3. The lowest BCUT2D eigenvalue weighted by atomic mass is 10.1. The summed E-state index contributed by atoms with van der Waals surface area (Å²) < 4.78 is 12.8. The zero-order valence-corrected chi connectivity index (χ0v) is 22.8. The molecule has 3 aromatic carbocycles. The number of benzene rings is 3. The number of carbonyl (C=O) groups excluding carboxylic acids is 2. The minimum atomic E-state index is -0.348. The summed E-state index contributed by atoms with van der Waals surface area (Å²) in [5.74, 6) is 1.23. The van der Waals surface area contributed by atoms with E-state index in [0.29, 0.717) is 41.9 Å². The van der Waals surface area contributed by atoms with E-state index in [1.54, 1.807) is 36.3 Å². The molecule has 4 rings (SSSR count). The Morgan fingerprint density at radius 3 is 2.44 bits per heavy atom. The third-order valence-corrected chi connectivity index (χ3v) is 5.96. The Morgan fingerprint density at radius 2 is 1.72 bits per heavy atom. The maximum absolute atomic E-state index is 13.4. The summed E-state index contributed by atoms with van der Waals surface area (Å²) in [6.07, 6.45) is 1.88. The Balaban J connectivity index is 1.63. The molecule has 4 aromatic rings. The van der Waals surface area contributed by atoms with E-state index in [2.05, 4.69) is 5.32 Å². The maximum atomic E-state index is 13.4. The molecule has 39 heavy (non-hydrogen) atoms. The first-order valence-electron chi connectivity index (χ1n) is 13.0. The Bertz CT molecular complexity index is 1420. The predicted octanol–water partition coefficient (Wildman–Crippen LogP) is 5.68. The van der Waals surface area contributed by atoms with Crippen molar-refractivity contribution in [3.05, 3.63) is 90.6 Å². The summed E-state index contributed by atoms with van der Waals surface area (Å²) in [6, 6.07) is 24.3. The van der Waals surface area contributed by atoms with Crippen LogP contribution in [0.3, 0.4) is 0 Å². The molecular formula is C31H34N4O4. The molecule has 0 fully saturated rings. The highest BCUT2D eigenvalue weighted by molar-refractivity contribution is 5.99. The highest BCUT2D eigenvalue weighted by atomic mass is 16.5. The molecule has 1 aromatic heterocycles. The van der Waals surface area contributed by atoms with Crippen molar-refractivity contribution in [3.8, 4) is 28.4 Å². The zero-order chi connectivity index (χ0) is 27.8. The van der Waals surface area contributed by atoms with Gasteiger partial charge < -0.3 is 14.4 Å². The summed E-state index contributed by atoms with van der Waals surface area (Å²) in [5.41, 5.74) is 2.88. The molecule has 2 amide bonds. The third kappa shape index (κ3) is 7.04. The fourth-order valence-corrected chi connectivity index (χ4v) is 4.24. The van der Waals surface area contributed by atoms with Crippen LogP contribution in [0.4, 0.5) is 5.95 Å². The Morgan fingerprint density at radius 1 is 0.974 bits per heavy atom. The second kappa shape index (κ2) is 12.8. The van der Waals surface area contributed by atoms with Crippen LogP contribution in [0.5, 0.6) is 11.5 Å². The summed E-state index contributed by atoms with van der Waals surface area (Å²) in [5, 5.41) is 2.94. The van der Waals surface area contributed by atoms with Crippen LogP contribution in [0.15, 0.2) is 85.1 Å². The lowest BCUT2D eigenvalue weighted by Gasteiger charge is -2.24. The van der Waals surface area contributed by atoms with Crippen molar-refractivity contribution < 1.29 is 19.1 Å². The molecule has 8 heteroatoms. The number of ether oxygens (including phenoxy) is 2. The monoisotopic (exact) mass is 526 g/mol. The zero-order valence-electron chi connectivity index (χ0n) is 22.8. The van der Waals surface area contributed by atoms with Gasteiger partial charge in [0.15, 0.2) is 0 Å². The van der Waals surface area contributed by atoms with Gasteiger partial charge in [-0.3, -0.25) is 19.5 Å². The summed E-state index contributed by atoms with van der Waals surface area (Å²) in [6.45, 7) is 6.78. The van der Waals surface area contributed by atoms with Gasteiger partial charge in [0.05, 0.1) is 25.1 Å². The average molecular weight is 527 g/mol. The number of anilines is 1. The van der Waals surface area contributed by atoms with Crippen LogP contribution in [-0.2, 0) is 4.79 Å². The number of hydrogen-bond acceptors (Lipinski definition) is 5. The molecule has 0 saturated carbocycles. The molecule has 0 aliphatic carbocycles. The lowest BCUT2D eigenvalue weighted by Crippen LogP contribution is -2.40. The second-order valence-electron chi connectivity index (χ2n) is 9.48. The Hall–Kier alpha value is -4.59. The number of methoxy groups -OCH3 is 1. The highest BCUT2D eigenvalue weighted by Crippen LogP contribution is 2.26. The van der Waals surface area contributed by atoms with Crippen LogP contribution < -0.4 is 14.8 Å². The van der Waals surface area contributed by atoms with Gasteiger partial charge in [0.25, 0.3) is 5.91 Å². The summed E-state index contributed by atoms with van der Waals surface area (Å²) >= 11 is 0. The largest absolute Gasteiger partial charge is 0.497 e. The molecule has 0 atom stereocenters. The van der Waals surface area contributed by atoms with Crippen LogP contribution in [0.2, 0.25) is 0 Å². The van der Waals surface area contributed by atoms with E-state index < -0.39 is 0 Å².